The van der Waals surface area contributed by atoms with Crippen LogP contribution in [-0.2, 0) is 5.41 Å². The second-order valence-electron chi connectivity index (χ2n) is 8.49. The molecule has 8 heteroatoms. The van der Waals surface area contributed by atoms with Crippen LogP contribution in [-0.4, -0.2) is 47.5 Å². The Bertz CT molecular complexity index is 1130. The number of aromatic nitrogens is 7. The van der Waals surface area contributed by atoms with Crippen molar-refractivity contribution < 1.29 is 0 Å². The molecule has 0 unspecified atom stereocenters. The van der Waals surface area contributed by atoms with Crippen molar-refractivity contribution in [3.05, 3.63) is 48.0 Å². The lowest BCUT2D eigenvalue weighted by atomic mass is 9.92. The first-order valence-electron chi connectivity index (χ1n) is 9.78. The number of rotatable bonds is 2. The molecule has 1 saturated heterocycles. The summed E-state index contributed by atoms with van der Waals surface area (Å²) in [5, 5.41) is 22.3. The lowest BCUT2D eigenvalue weighted by Gasteiger charge is -2.31. The van der Waals surface area contributed by atoms with E-state index >= 15 is 0 Å². The summed E-state index contributed by atoms with van der Waals surface area (Å²) in [5.74, 6) is 2.22. The fraction of sp³-hybridized carbons (Fsp3) is 0.450. The van der Waals surface area contributed by atoms with E-state index < -0.39 is 0 Å². The highest BCUT2D eigenvalue weighted by atomic mass is 15.4. The summed E-state index contributed by atoms with van der Waals surface area (Å²) in [5.41, 5.74) is 2.73. The molecule has 0 aliphatic carbocycles. The Hall–Kier alpha value is -3.03. The van der Waals surface area contributed by atoms with E-state index in [9.17, 15) is 0 Å². The van der Waals surface area contributed by atoms with Crippen molar-refractivity contribution in [3.8, 4) is 0 Å². The molecule has 5 rings (SSSR count). The summed E-state index contributed by atoms with van der Waals surface area (Å²) in [7, 11) is 0. The van der Waals surface area contributed by atoms with Crippen LogP contribution in [0.1, 0.15) is 51.0 Å². The largest absolute Gasteiger partial charge is 0.341 e. The van der Waals surface area contributed by atoms with E-state index in [0.29, 0.717) is 5.92 Å². The topological polar surface area (TPSA) is 76.5 Å². The predicted octanol–water partition coefficient (Wildman–Crippen LogP) is 2.85. The van der Waals surface area contributed by atoms with Crippen molar-refractivity contribution in [1.82, 2.24) is 34.4 Å². The first-order chi connectivity index (χ1) is 13.5. The molecule has 1 aliphatic rings. The zero-order chi connectivity index (χ0) is 19.3. The van der Waals surface area contributed by atoms with Gasteiger partial charge < -0.3 is 4.90 Å². The number of hydrogen-bond donors (Lipinski definition) is 0. The fourth-order valence-electron chi connectivity index (χ4n) is 3.84. The summed E-state index contributed by atoms with van der Waals surface area (Å²) in [6.45, 7) is 8.34. The van der Waals surface area contributed by atoms with Crippen molar-refractivity contribution in [3.63, 3.8) is 0 Å². The average Bonchev–Trinajstić information content (AvgIpc) is 3.31. The maximum atomic E-state index is 4.84. The summed E-state index contributed by atoms with van der Waals surface area (Å²) < 4.78 is 3.98. The summed E-state index contributed by atoms with van der Waals surface area (Å²) in [6.07, 6.45) is 3.99. The summed E-state index contributed by atoms with van der Waals surface area (Å²) >= 11 is 0. The van der Waals surface area contributed by atoms with Crippen molar-refractivity contribution in [1.29, 1.82) is 0 Å². The molecular formula is C20H24N8. The minimum absolute atomic E-state index is 0.00613. The van der Waals surface area contributed by atoms with E-state index in [-0.39, 0.29) is 5.41 Å². The van der Waals surface area contributed by atoms with Gasteiger partial charge in [-0.3, -0.25) is 4.40 Å². The molecule has 0 radical (unpaired) electrons. The first-order valence-corrected chi connectivity index (χ1v) is 9.78. The zero-order valence-corrected chi connectivity index (χ0v) is 16.4. The molecule has 4 aromatic heterocycles. The van der Waals surface area contributed by atoms with E-state index in [4.69, 9.17) is 5.10 Å². The van der Waals surface area contributed by atoms with Crippen LogP contribution < -0.4 is 4.90 Å². The van der Waals surface area contributed by atoms with E-state index in [1.54, 1.807) is 0 Å². The van der Waals surface area contributed by atoms with Crippen LogP contribution in [0.15, 0.2) is 36.5 Å². The molecule has 0 atom stereocenters. The molecule has 1 fully saturated rings. The highest BCUT2D eigenvalue weighted by molar-refractivity contribution is 5.46. The number of anilines is 1. The third-order valence-corrected chi connectivity index (χ3v) is 5.49. The van der Waals surface area contributed by atoms with Crippen molar-refractivity contribution in [2.75, 3.05) is 18.0 Å². The molecule has 28 heavy (non-hydrogen) atoms. The monoisotopic (exact) mass is 376 g/mol. The lowest BCUT2D eigenvalue weighted by Crippen LogP contribution is -2.34. The third kappa shape index (κ3) is 2.80. The van der Waals surface area contributed by atoms with E-state index in [1.807, 2.05) is 45.4 Å². The smallest absolute Gasteiger partial charge is 0.231 e. The standard InChI is InChI=1S/C20H24N8/c1-20(2,3)15-7-8-17-22-23-18(28(17)25-15)14-9-12-26(13-10-14)19-24-21-16-6-4-5-11-27(16)19/h4-8,11,14H,9-10,12-13H2,1-3H3. The quantitative estimate of drug-likeness (QED) is 0.535. The molecule has 0 bridgehead atoms. The SMILES string of the molecule is CC(C)(C)c1ccc2nnc(C3CCN(c4nnc5ccccn45)CC3)n2n1. The number of pyridine rings is 1. The van der Waals surface area contributed by atoms with Gasteiger partial charge in [0.2, 0.25) is 5.95 Å². The van der Waals surface area contributed by atoms with Crippen molar-refractivity contribution >= 4 is 17.2 Å². The number of fused-ring (bicyclic) bond motifs is 2. The van der Waals surface area contributed by atoms with Crippen LogP contribution in [0.3, 0.4) is 0 Å². The molecule has 0 aromatic carbocycles. The molecular weight excluding hydrogens is 352 g/mol. The molecule has 4 aromatic rings. The van der Waals surface area contributed by atoms with Gasteiger partial charge in [-0.25, -0.2) is 0 Å². The Morgan fingerprint density at radius 1 is 0.893 bits per heavy atom. The zero-order valence-electron chi connectivity index (χ0n) is 16.4. The normalized spacial score (nSPS) is 16.3. The summed E-state index contributed by atoms with van der Waals surface area (Å²) in [4.78, 5) is 2.30. The Labute approximate surface area is 163 Å². The van der Waals surface area contributed by atoms with Gasteiger partial charge in [0.25, 0.3) is 0 Å². The van der Waals surface area contributed by atoms with Gasteiger partial charge in [0.05, 0.1) is 5.69 Å². The Morgan fingerprint density at radius 2 is 1.68 bits per heavy atom. The first kappa shape index (κ1) is 17.1. The second-order valence-corrected chi connectivity index (χ2v) is 8.49. The van der Waals surface area contributed by atoms with Gasteiger partial charge in [-0.2, -0.15) is 9.61 Å². The van der Waals surface area contributed by atoms with Gasteiger partial charge in [-0.15, -0.1) is 20.4 Å². The van der Waals surface area contributed by atoms with E-state index in [2.05, 4.69) is 46.1 Å². The van der Waals surface area contributed by atoms with Crippen molar-refractivity contribution in [2.24, 2.45) is 0 Å². The maximum Gasteiger partial charge on any atom is 0.231 e. The number of nitrogens with zero attached hydrogens (tertiary/aromatic N) is 8. The molecule has 0 amide bonds. The second kappa shape index (κ2) is 6.25. The van der Waals surface area contributed by atoms with Crippen molar-refractivity contribution in [2.45, 2.75) is 44.9 Å². The van der Waals surface area contributed by atoms with Crippen LogP contribution in [0, 0.1) is 0 Å². The van der Waals surface area contributed by atoms with Gasteiger partial charge >= 0.3 is 0 Å². The number of hydrogen-bond acceptors (Lipinski definition) is 6. The van der Waals surface area contributed by atoms with E-state index in [1.165, 1.54) is 0 Å². The molecule has 0 saturated carbocycles. The average molecular weight is 376 g/mol. The van der Waals surface area contributed by atoms with Crippen LogP contribution in [0.2, 0.25) is 0 Å². The van der Waals surface area contributed by atoms with Gasteiger partial charge in [0.1, 0.15) is 0 Å². The highest BCUT2D eigenvalue weighted by Gasteiger charge is 2.27. The van der Waals surface area contributed by atoms with Crippen LogP contribution in [0.5, 0.6) is 0 Å². The number of piperidine rings is 1. The molecule has 144 valence electrons. The molecule has 1 aliphatic heterocycles. The van der Waals surface area contributed by atoms with Crippen LogP contribution >= 0.6 is 0 Å². The van der Waals surface area contributed by atoms with Gasteiger partial charge in [-0.1, -0.05) is 26.8 Å². The van der Waals surface area contributed by atoms with Gasteiger partial charge in [-0.05, 0) is 37.1 Å². The highest BCUT2D eigenvalue weighted by Crippen LogP contribution is 2.29. The molecule has 0 N–H and O–H groups in total. The van der Waals surface area contributed by atoms with Crippen LogP contribution in [0.25, 0.3) is 11.3 Å². The Morgan fingerprint density at radius 3 is 2.46 bits per heavy atom. The predicted molar refractivity (Wildman–Crippen MR) is 107 cm³/mol. The lowest BCUT2D eigenvalue weighted by molar-refractivity contribution is 0.467. The Balaban J connectivity index is 1.40. The molecule has 0 spiro atoms. The summed E-state index contributed by atoms with van der Waals surface area (Å²) in [6, 6.07) is 10.0. The Kier molecular flexibility index (Phi) is 3.82. The fourth-order valence-corrected chi connectivity index (χ4v) is 3.84. The molecule has 8 nitrogen and oxygen atoms in total. The minimum Gasteiger partial charge on any atom is -0.341 e. The van der Waals surface area contributed by atoms with Gasteiger partial charge in [0.15, 0.2) is 17.1 Å². The minimum atomic E-state index is -0.00613. The van der Waals surface area contributed by atoms with Gasteiger partial charge in [0, 0.05) is 30.6 Å². The third-order valence-electron chi connectivity index (χ3n) is 5.49. The maximum absolute atomic E-state index is 4.84. The van der Waals surface area contributed by atoms with Crippen LogP contribution in [0.4, 0.5) is 5.95 Å². The van der Waals surface area contributed by atoms with E-state index in [0.717, 1.165) is 54.7 Å². The molecule has 5 heterocycles.